The van der Waals surface area contributed by atoms with E-state index in [4.69, 9.17) is 4.74 Å². The van der Waals surface area contributed by atoms with E-state index in [1.165, 1.54) is 29.2 Å². The number of carbonyl (C=O) groups excluding carboxylic acids is 2. The highest BCUT2D eigenvalue weighted by Crippen LogP contribution is 2.42. The molecule has 25 heavy (non-hydrogen) atoms. The van der Waals surface area contributed by atoms with E-state index in [0.717, 1.165) is 10.0 Å². The Hall–Kier alpha value is -2.47. The molecule has 4 rings (SSSR count). The van der Waals surface area contributed by atoms with E-state index in [1.54, 1.807) is 0 Å². The fourth-order valence-corrected chi connectivity index (χ4v) is 3.77. The second kappa shape index (κ2) is 6.11. The minimum atomic E-state index is -0.403. The van der Waals surface area contributed by atoms with Crippen LogP contribution >= 0.6 is 15.9 Å². The Morgan fingerprint density at radius 2 is 1.88 bits per heavy atom. The van der Waals surface area contributed by atoms with Gasteiger partial charge in [0.2, 0.25) is 5.91 Å². The lowest BCUT2D eigenvalue weighted by atomic mass is 9.84. The van der Waals surface area contributed by atoms with Crippen LogP contribution in [-0.4, -0.2) is 18.5 Å². The van der Waals surface area contributed by atoms with Crippen molar-refractivity contribution in [2.75, 3.05) is 11.5 Å². The topological polar surface area (TPSA) is 46.6 Å². The summed E-state index contributed by atoms with van der Waals surface area (Å²) < 4.78 is 19.3. The zero-order valence-electron chi connectivity index (χ0n) is 13.0. The van der Waals surface area contributed by atoms with Gasteiger partial charge in [0.1, 0.15) is 12.4 Å². The van der Waals surface area contributed by atoms with Gasteiger partial charge in [-0.3, -0.25) is 9.69 Å². The molecule has 1 atom stereocenters. The first-order chi connectivity index (χ1) is 12.0. The van der Waals surface area contributed by atoms with Crippen molar-refractivity contribution < 1.29 is 18.7 Å². The van der Waals surface area contributed by atoms with Gasteiger partial charge in [0, 0.05) is 22.5 Å². The molecule has 0 aliphatic carbocycles. The summed E-state index contributed by atoms with van der Waals surface area (Å²) in [5, 5.41) is 0. The third-order valence-electron chi connectivity index (χ3n) is 4.45. The average molecular weight is 402 g/mol. The predicted molar refractivity (Wildman–Crippen MR) is 93.4 cm³/mol. The average Bonchev–Trinajstić information content (AvgIpc) is 2.97. The highest BCUT2D eigenvalue weighted by Gasteiger charge is 2.42. The molecule has 0 bridgehead atoms. The molecule has 0 saturated heterocycles. The van der Waals surface area contributed by atoms with E-state index in [0.29, 0.717) is 17.0 Å². The number of anilines is 1. The summed E-state index contributed by atoms with van der Waals surface area (Å²) in [6.07, 6.45) is 0.155. The van der Waals surface area contributed by atoms with Crippen LogP contribution in [0.5, 0.6) is 0 Å². The number of rotatable bonds is 2. The first-order valence-corrected chi connectivity index (χ1v) is 8.58. The molecule has 126 valence electrons. The van der Waals surface area contributed by atoms with E-state index in [-0.39, 0.29) is 30.7 Å². The zero-order chi connectivity index (χ0) is 17.6. The van der Waals surface area contributed by atoms with Crippen molar-refractivity contribution in [1.82, 2.24) is 0 Å². The Morgan fingerprint density at radius 3 is 2.60 bits per heavy atom. The van der Waals surface area contributed by atoms with Crippen molar-refractivity contribution in [3.05, 3.63) is 75.7 Å². The van der Waals surface area contributed by atoms with Crippen LogP contribution in [-0.2, 0) is 14.3 Å². The molecule has 0 N–H and O–H groups in total. The number of esters is 1. The van der Waals surface area contributed by atoms with E-state index in [9.17, 15) is 14.0 Å². The van der Waals surface area contributed by atoms with Gasteiger partial charge < -0.3 is 4.74 Å². The molecule has 2 heterocycles. The summed E-state index contributed by atoms with van der Waals surface area (Å²) in [6.45, 7) is 0.0434. The van der Waals surface area contributed by atoms with Gasteiger partial charge in [0.05, 0.1) is 11.3 Å². The van der Waals surface area contributed by atoms with Crippen LogP contribution in [0.4, 0.5) is 10.1 Å². The van der Waals surface area contributed by atoms with Gasteiger partial charge in [-0.25, -0.2) is 9.18 Å². The number of ether oxygens (including phenoxy) is 1. The fraction of sp³-hybridized carbons (Fsp3) is 0.158. The van der Waals surface area contributed by atoms with Crippen LogP contribution in [0.3, 0.4) is 0 Å². The van der Waals surface area contributed by atoms with Gasteiger partial charge in [0.25, 0.3) is 0 Å². The lowest BCUT2D eigenvalue weighted by Gasteiger charge is -2.31. The largest absolute Gasteiger partial charge is 0.456 e. The Morgan fingerprint density at radius 1 is 1.12 bits per heavy atom. The van der Waals surface area contributed by atoms with Crippen LogP contribution in [0, 0.1) is 5.82 Å². The summed E-state index contributed by atoms with van der Waals surface area (Å²) in [5.74, 6) is -1.27. The molecule has 4 nitrogen and oxygen atoms in total. The second-order valence-corrected chi connectivity index (χ2v) is 6.87. The minimum absolute atomic E-state index is 0.0434. The normalized spacial score (nSPS) is 19.9. The van der Waals surface area contributed by atoms with Crippen LogP contribution in [0.1, 0.15) is 17.9 Å². The van der Waals surface area contributed by atoms with Crippen molar-refractivity contribution in [3.63, 3.8) is 0 Å². The van der Waals surface area contributed by atoms with Crippen molar-refractivity contribution in [2.45, 2.75) is 12.3 Å². The van der Waals surface area contributed by atoms with Crippen molar-refractivity contribution in [3.8, 4) is 0 Å². The van der Waals surface area contributed by atoms with Crippen molar-refractivity contribution in [1.29, 1.82) is 0 Å². The molecule has 0 unspecified atom stereocenters. The molecule has 2 aliphatic rings. The van der Waals surface area contributed by atoms with E-state index in [2.05, 4.69) is 15.9 Å². The van der Waals surface area contributed by atoms with Crippen LogP contribution in [0.25, 0.3) is 0 Å². The zero-order valence-corrected chi connectivity index (χ0v) is 14.6. The van der Waals surface area contributed by atoms with Gasteiger partial charge in [-0.2, -0.15) is 0 Å². The van der Waals surface area contributed by atoms with Crippen molar-refractivity contribution >= 4 is 33.5 Å². The molecule has 0 spiro atoms. The molecular formula is C19H13BrFNO3. The summed E-state index contributed by atoms with van der Waals surface area (Å²) in [6, 6.07) is 13.2. The maximum absolute atomic E-state index is 13.2. The molecule has 2 aromatic carbocycles. The van der Waals surface area contributed by atoms with Crippen LogP contribution < -0.4 is 4.90 Å². The Bertz CT molecular complexity index is 907. The van der Waals surface area contributed by atoms with Crippen LogP contribution in [0.15, 0.2) is 64.3 Å². The number of nitrogens with zero attached hydrogens (tertiary/aromatic N) is 1. The van der Waals surface area contributed by atoms with Gasteiger partial charge in [-0.05, 0) is 42.0 Å². The maximum atomic E-state index is 13.2. The Balaban J connectivity index is 1.83. The molecule has 2 aliphatic heterocycles. The minimum Gasteiger partial charge on any atom is -0.456 e. The number of amides is 1. The Labute approximate surface area is 152 Å². The smallest absolute Gasteiger partial charge is 0.336 e. The molecular weight excluding hydrogens is 389 g/mol. The third kappa shape index (κ3) is 2.76. The number of carbonyl (C=O) groups is 2. The fourth-order valence-electron chi connectivity index (χ4n) is 3.35. The monoisotopic (exact) mass is 401 g/mol. The molecule has 0 aromatic heterocycles. The predicted octanol–water partition coefficient (Wildman–Crippen LogP) is 3.92. The molecule has 0 fully saturated rings. The van der Waals surface area contributed by atoms with Crippen LogP contribution in [0.2, 0.25) is 0 Å². The quantitative estimate of drug-likeness (QED) is 0.716. The van der Waals surface area contributed by atoms with Gasteiger partial charge in [0.15, 0.2) is 0 Å². The number of hydrogen-bond donors (Lipinski definition) is 0. The Kier molecular flexibility index (Phi) is 3.92. The standard InChI is InChI=1S/C19H13BrFNO3/c20-12-3-1-2-11(8-12)15-9-17(23)22(14-6-4-13(21)5-7-14)16-10-25-19(24)18(15)16/h1-8,15H,9-10H2/t15-/m0/s1. The third-order valence-corrected chi connectivity index (χ3v) is 4.95. The van der Waals surface area contributed by atoms with E-state index < -0.39 is 5.97 Å². The van der Waals surface area contributed by atoms with E-state index >= 15 is 0 Å². The summed E-state index contributed by atoms with van der Waals surface area (Å²) >= 11 is 3.42. The molecule has 0 radical (unpaired) electrons. The summed E-state index contributed by atoms with van der Waals surface area (Å²) in [5.41, 5.74) is 2.46. The number of halogens is 2. The van der Waals surface area contributed by atoms with Crippen molar-refractivity contribution in [2.24, 2.45) is 0 Å². The molecule has 1 amide bonds. The molecule has 2 aromatic rings. The SMILES string of the molecule is O=C1OCC2=C1[C@H](c1cccc(Br)c1)CC(=O)N2c1ccc(F)cc1. The highest BCUT2D eigenvalue weighted by atomic mass is 79.9. The number of cyclic esters (lactones) is 1. The highest BCUT2D eigenvalue weighted by molar-refractivity contribution is 9.10. The van der Waals surface area contributed by atoms with E-state index in [1.807, 2.05) is 24.3 Å². The lowest BCUT2D eigenvalue weighted by Crippen LogP contribution is -2.37. The van der Waals surface area contributed by atoms with Gasteiger partial charge >= 0.3 is 5.97 Å². The lowest BCUT2D eigenvalue weighted by molar-refractivity contribution is -0.136. The second-order valence-electron chi connectivity index (χ2n) is 5.95. The first-order valence-electron chi connectivity index (χ1n) is 7.79. The van der Waals surface area contributed by atoms with Gasteiger partial charge in [-0.15, -0.1) is 0 Å². The maximum Gasteiger partial charge on any atom is 0.336 e. The summed E-state index contributed by atoms with van der Waals surface area (Å²) in [7, 11) is 0. The molecule has 6 heteroatoms. The van der Waals surface area contributed by atoms with Gasteiger partial charge in [-0.1, -0.05) is 28.1 Å². The number of hydrogen-bond acceptors (Lipinski definition) is 3. The number of benzene rings is 2. The first kappa shape index (κ1) is 16.0. The summed E-state index contributed by atoms with van der Waals surface area (Å²) in [4.78, 5) is 26.6. The molecule has 0 saturated carbocycles.